The maximum absolute atomic E-state index is 11.5. The lowest BCUT2D eigenvalue weighted by molar-refractivity contribution is -0.121. The Labute approximate surface area is 156 Å². The van der Waals surface area contributed by atoms with E-state index in [2.05, 4.69) is 6.92 Å². The molecule has 0 aliphatic carbocycles. The van der Waals surface area contributed by atoms with Crippen molar-refractivity contribution in [2.75, 3.05) is 18.6 Å². The van der Waals surface area contributed by atoms with Gasteiger partial charge in [0.05, 0.1) is 11.4 Å². The number of nitrogen functional groups attached to an aromatic ring is 2. The molecule has 0 aliphatic rings. The summed E-state index contributed by atoms with van der Waals surface area (Å²) in [6, 6.07) is 10.9. The first-order valence-electron chi connectivity index (χ1n) is 8.49. The molecule has 2 aromatic rings. The summed E-state index contributed by atoms with van der Waals surface area (Å²) in [5.41, 5.74) is 15.2. The van der Waals surface area contributed by atoms with Gasteiger partial charge in [0.15, 0.2) is 0 Å². The minimum atomic E-state index is -0.508. The molecule has 0 amide bonds. The molecular formula is C21H32N2O3. The van der Waals surface area contributed by atoms with Crippen LogP contribution in [0.25, 0.3) is 0 Å². The van der Waals surface area contributed by atoms with Crippen LogP contribution in [0.15, 0.2) is 36.4 Å². The SMILES string of the molecule is CC(=O)C(C)(C)c1cc(N)c(N)cc1C.CCc1ccc(O)cc1.CO. The van der Waals surface area contributed by atoms with E-state index in [1.165, 1.54) is 5.56 Å². The van der Waals surface area contributed by atoms with Gasteiger partial charge in [-0.15, -0.1) is 0 Å². The molecule has 144 valence electrons. The maximum atomic E-state index is 11.5. The first-order chi connectivity index (χ1) is 12.1. The normalized spacial score (nSPS) is 10.1. The molecule has 0 aromatic heterocycles. The van der Waals surface area contributed by atoms with Crippen LogP contribution in [0.2, 0.25) is 0 Å². The molecule has 0 spiro atoms. The van der Waals surface area contributed by atoms with Crippen molar-refractivity contribution in [2.24, 2.45) is 0 Å². The number of Topliss-reactive ketones (excluding diaryl/α,β-unsaturated/α-hetero) is 1. The number of phenolic OH excluding ortho intramolecular Hbond substituents is 1. The molecule has 5 heteroatoms. The number of rotatable bonds is 3. The lowest BCUT2D eigenvalue weighted by Crippen LogP contribution is -2.27. The lowest BCUT2D eigenvalue weighted by atomic mass is 9.78. The number of carbonyl (C=O) groups excluding carboxylic acids is 1. The molecule has 0 fully saturated rings. The number of phenols is 1. The lowest BCUT2D eigenvalue weighted by Gasteiger charge is -2.24. The summed E-state index contributed by atoms with van der Waals surface area (Å²) in [7, 11) is 1.00. The van der Waals surface area contributed by atoms with E-state index in [-0.39, 0.29) is 5.78 Å². The molecule has 5 nitrogen and oxygen atoms in total. The first kappa shape index (κ1) is 23.5. The summed E-state index contributed by atoms with van der Waals surface area (Å²) in [6.07, 6.45) is 1.03. The van der Waals surface area contributed by atoms with E-state index in [0.29, 0.717) is 17.1 Å². The Bertz CT molecular complexity index is 708. The molecule has 0 aliphatic heterocycles. The van der Waals surface area contributed by atoms with Gasteiger partial charge in [-0.05, 0) is 75.1 Å². The topological polar surface area (TPSA) is 110 Å². The van der Waals surface area contributed by atoms with Gasteiger partial charge < -0.3 is 21.7 Å². The fraction of sp³-hybridized carbons (Fsp3) is 0.381. The summed E-state index contributed by atoms with van der Waals surface area (Å²) in [4.78, 5) is 11.5. The number of hydrogen-bond acceptors (Lipinski definition) is 5. The molecule has 0 unspecified atom stereocenters. The predicted molar refractivity (Wildman–Crippen MR) is 109 cm³/mol. The second-order valence-corrected chi connectivity index (χ2v) is 6.50. The Kier molecular flexibility index (Phi) is 9.44. The smallest absolute Gasteiger partial charge is 0.139 e. The van der Waals surface area contributed by atoms with E-state index >= 15 is 0 Å². The van der Waals surface area contributed by atoms with Crippen molar-refractivity contribution < 1.29 is 15.0 Å². The average Bonchev–Trinajstić information content (AvgIpc) is 2.61. The second-order valence-electron chi connectivity index (χ2n) is 6.50. The number of hydrogen-bond donors (Lipinski definition) is 4. The van der Waals surface area contributed by atoms with Crippen LogP contribution in [0, 0.1) is 6.92 Å². The highest BCUT2D eigenvalue weighted by molar-refractivity contribution is 5.88. The number of nitrogens with two attached hydrogens (primary N) is 2. The van der Waals surface area contributed by atoms with E-state index in [4.69, 9.17) is 21.7 Å². The molecule has 0 heterocycles. The van der Waals surface area contributed by atoms with E-state index in [0.717, 1.165) is 24.7 Å². The molecular weight excluding hydrogens is 328 g/mol. The van der Waals surface area contributed by atoms with Gasteiger partial charge >= 0.3 is 0 Å². The highest BCUT2D eigenvalue weighted by Gasteiger charge is 2.28. The van der Waals surface area contributed by atoms with Crippen molar-refractivity contribution in [2.45, 2.75) is 46.5 Å². The number of aryl methyl sites for hydroxylation is 2. The number of aliphatic hydroxyl groups excluding tert-OH is 1. The van der Waals surface area contributed by atoms with Crippen LogP contribution in [0.5, 0.6) is 5.75 Å². The fourth-order valence-corrected chi connectivity index (χ4v) is 2.34. The summed E-state index contributed by atoms with van der Waals surface area (Å²) in [5, 5.41) is 15.9. The van der Waals surface area contributed by atoms with Crippen molar-refractivity contribution in [3.05, 3.63) is 53.1 Å². The molecule has 2 rings (SSSR count). The minimum Gasteiger partial charge on any atom is -0.508 e. The summed E-state index contributed by atoms with van der Waals surface area (Å²) < 4.78 is 0. The molecule has 0 atom stereocenters. The van der Waals surface area contributed by atoms with E-state index in [1.54, 1.807) is 25.1 Å². The molecule has 0 saturated heterocycles. The molecule has 2 aromatic carbocycles. The molecule has 0 radical (unpaired) electrons. The van der Waals surface area contributed by atoms with Crippen LogP contribution in [-0.4, -0.2) is 23.1 Å². The van der Waals surface area contributed by atoms with Crippen molar-refractivity contribution in [1.82, 2.24) is 0 Å². The summed E-state index contributed by atoms with van der Waals surface area (Å²) >= 11 is 0. The molecule has 0 bridgehead atoms. The number of anilines is 2. The van der Waals surface area contributed by atoms with Gasteiger partial charge in [0.1, 0.15) is 11.5 Å². The van der Waals surface area contributed by atoms with Crippen LogP contribution in [0.3, 0.4) is 0 Å². The molecule has 6 N–H and O–H groups in total. The van der Waals surface area contributed by atoms with Crippen molar-refractivity contribution in [1.29, 1.82) is 0 Å². The van der Waals surface area contributed by atoms with E-state index in [9.17, 15) is 4.79 Å². The van der Waals surface area contributed by atoms with Gasteiger partial charge in [-0.3, -0.25) is 4.79 Å². The first-order valence-corrected chi connectivity index (χ1v) is 8.49. The standard InChI is InChI=1S/C12H18N2O.C8H10O.CH4O/c1-7-5-10(13)11(14)6-9(7)12(3,4)8(2)15;1-2-7-3-5-8(9)6-4-7;1-2/h5-6H,13-14H2,1-4H3;3-6,9H,2H2,1H3;2H,1H3. The van der Waals surface area contributed by atoms with Gasteiger partial charge in [-0.2, -0.15) is 0 Å². The van der Waals surface area contributed by atoms with E-state index < -0.39 is 5.41 Å². The van der Waals surface area contributed by atoms with Gasteiger partial charge in [0.2, 0.25) is 0 Å². The average molecular weight is 360 g/mol. The predicted octanol–water partition coefficient (Wildman–Crippen LogP) is 3.59. The second kappa shape index (κ2) is 10.5. The Morgan fingerprint density at radius 1 is 1.04 bits per heavy atom. The van der Waals surface area contributed by atoms with Crippen molar-refractivity contribution in [3.63, 3.8) is 0 Å². The van der Waals surface area contributed by atoms with Gasteiger partial charge in [0, 0.05) is 12.5 Å². The third-order valence-corrected chi connectivity index (χ3v) is 4.33. The van der Waals surface area contributed by atoms with E-state index in [1.807, 2.05) is 39.0 Å². The van der Waals surface area contributed by atoms with Gasteiger partial charge in [-0.1, -0.05) is 19.1 Å². The summed E-state index contributed by atoms with van der Waals surface area (Å²) in [6.45, 7) is 9.41. The zero-order valence-electron chi connectivity index (χ0n) is 16.6. The van der Waals surface area contributed by atoms with Crippen LogP contribution in [-0.2, 0) is 16.6 Å². The van der Waals surface area contributed by atoms with Crippen LogP contribution >= 0.6 is 0 Å². The number of ketones is 1. The number of carbonyl (C=O) groups is 1. The Morgan fingerprint density at radius 3 is 1.92 bits per heavy atom. The van der Waals surface area contributed by atoms with Crippen LogP contribution < -0.4 is 11.5 Å². The van der Waals surface area contributed by atoms with Gasteiger partial charge in [-0.25, -0.2) is 0 Å². The highest BCUT2D eigenvalue weighted by Crippen LogP contribution is 2.31. The number of aliphatic hydroxyl groups is 1. The Hall–Kier alpha value is -2.53. The minimum absolute atomic E-state index is 0.120. The third kappa shape index (κ3) is 6.41. The number of benzene rings is 2. The summed E-state index contributed by atoms with van der Waals surface area (Å²) in [5.74, 6) is 0.460. The number of aromatic hydroxyl groups is 1. The van der Waals surface area contributed by atoms with Crippen LogP contribution in [0.4, 0.5) is 11.4 Å². The van der Waals surface area contributed by atoms with Crippen molar-refractivity contribution in [3.8, 4) is 5.75 Å². The Balaban J connectivity index is 0.000000484. The van der Waals surface area contributed by atoms with Crippen LogP contribution in [0.1, 0.15) is 44.4 Å². The quantitative estimate of drug-likeness (QED) is 0.625. The van der Waals surface area contributed by atoms with Gasteiger partial charge in [0.25, 0.3) is 0 Å². The molecule has 0 saturated carbocycles. The monoisotopic (exact) mass is 360 g/mol. The third-order valence-electron chi connectivity index (χ3n) is 4.33. The Morgan fingerprint density at radius 2 is 1.50 bits per heavy atom. The highest BCUT2D eigenvalue weighted by atomic mass is 16.3. The largest absolute Gasteiger partial charge is 0.508 e. The maximum Gasteiger partial charge on any atom is 0.139 e. The fourth-order valence-electron chi connectivity index (χ4n) is 2.34. The molecule has 26 heavy (non-hydrogen) atoms. The zero-order chi connectivity index (χ0) is 20.5. The van der Waals surface area contributed by atoms with Crippen molar-refractivity contribution >= 4 is 17.2 Å². The zero-order valence-corrected chi connectivity index (χ0v) is 16.6.